The van der Waals surface area contributed by atoms with E-state index >= 15 is 0 Å². The normalized spacial score (nSPS) is 15.2. The molecule has 2 aromatic carbocycles. The van der Waals surface area contributed by atoms with Gasteiger partial charge >= 0.3 is 0 Å². The summed E-state index contributed by atoms with van der Waals surface area (Å²) in [5.41, 5.74) is 17.2. The summed E-state index contributed by atoms with van der Waals surface area (Å²) < 4.78 is 22.4. The number of primary amides is 2. The number of hydrogen-bond acceptors (Lipinski definition) is 9. The molecule has 1 aliphatic rings. The molecule has 0 spiro atoms. The second-order valence-electron chi connectivity index (χ2n) is 16.3. The quantitative estimate of drug-likeness (QED) is 0.137. The summed E-state index contributed by atoms with van der Waals surface area (Å²) in [5, 5.41) is 8.87. The van der Waals surface area contributed by atoms with Gasteiger partial charge in [0.1, 0.15) is 18.0 Å². The lowest BCUT2D eigenvalue weighted by molar-refractivity contribution is -0.140. The molecule has 6 aromatic rings. The summed E-state index contributed by atoms with van der Waals surface area (Å²) in [5.74, 6) is -2.35. The highest BCUT2D eigenvalue weighted by atomic mass is 16.5. The molecule has 20 heteroatoms. The van der Waals surface area contributed by atoms with E-state index < -0.39 is 29.7 Å². The monoisotopic (exact) mass is 891 g/mol. The van der Waals surface area contributed by atoms with Crippen LogP contribution in [0.3, 0.4) is 0 Å². The second-order valence-corrected chi connectivity index (χ2v) is 16.3. The highest BCUT2D eigenvalue weighted by molar-refractivity contribution is 5.98. The number of aromatic nitrogens is 8. The summed E-state index contributed by atoms with van der Waals surface area (Å²) in [6.07, 6.45) is 1.82. The van der Waals surface area contributed by atoms with Crippen molar-refractivity contribution < 1.29 is 33.4 Å². The number of methoxy groups -OCH3 is 1. The van der Waals surface area contributed by atoms with Crippen molar-refractivity contribution >= 4 is 51.6 Å². The number of imidazole rings is 2. The molecule has 1 saturated heterocycles. The van der Waals surface area contributed by atoms with Crippen molar-refractivity contribution in [2.45, 2.75) is 91.7 Å². The SMILES string of the molecule is CCn1nc(C)cc1C(=O)N=c1n(C)c2cc(C(N)=O)ccc2n1CCC(CCn1c(=NC(=O)c2cc(C)nn2CC)n(C)c2cc(C(N)=O)ccc21)OCC(=O)N1CCC[C@H]1COC. The first-order valence-electron chi connectivity index (χ1n) is 21.8. The molecular formula is C45H57N13O7. The first kappa shape index (κ1) is 46.1. The molecule has 65 heavy (non-hydrogen) atoms. The number of benzene rings is 2. The van der Waals surface area contributed by atoms with Gasteiger partial charge in [-0.15, -0.1) is 0 Å². The van der Waals surface area contributed by atoms with Gasteiger partial charge in [0, 0.05) is 65.1 Å². The molecule has 0 aliphatic carbocycles. The molecule has 7 rings (SSSR count). The van der Waals surface area contributed by atoms with E-state index in [1.807, 2.05) is 41.7 Å². The van der Waals surface area contributed by atoms with Gasteiger partial charge in [0.25, 0.3) is 11.8 Å². The van der Waals surface area contributed by atoms with E-state index in [4.69, 9.17) is 20.9 Å². The number of fused-ring (bicyclic) bond motifs is 2. The fourth-order valence-electron chi connectivity index (χ4n) is 8.72. The third-order valence-electron chi connectivity index (χ3n) is 12.0. The number of rotatable bonds is 17. The van der Waals surface area contributed by atoms with E-state index in [1.165, 1.54) is 0 Å². The number of nitrogens with zero attached hydrogens (tertiary/aromatic N) is 11. The number of likely N-dealkylation sites (tertiary alicyclic amines) is 1. The molecule has 0 saturated carbocycles. The van der Waals surface area contributed by atoms with Crippen molar-refractivity contribution in [1.29, 1.82) is 0 Å². The zero-order valence-electron chi connectivity index (χ0n) is 38.0. The van der Waals surface area contributed by atoms with Crippen molar-refractivity contribution in [1.82, 2.24) is 42.7 Å². The number of hydrogen-bond donors (Lipinski definition) is 2. The predicted molar refractivity (Wildman–Crippen MR) is 240 cm³/mol. The molecule has 5 amide bonds. The van der Waals surface area contributed by atoms with E-state index in [-0.39, 0.29) is 31.6 Å². The standard InChI is InChI=1S/C45H57N13O7/c1-8-57-37(21-27(3)50-57)42(62)48-44-52(5)35-23-29(40(46)60)12-14-33(35)55(44)19-16-32(65-26-39(59)54-18-10-11-31(54)25-64-7)17-20-56-34-15-13-30(41(47)61)24-36(34)53(6)45(56)49-43(63)38-22-28(4)51-58(38)9-2/h12-15,21-24,31-32H,8-11,16-20,25-26H2,1-7H3,(H2,46,60)(H2,47,61)/t31-,32?/m0/s1. The van der Waals surface area contributed by atoms with Gasteiger partial charge in [0.05, 0.1) is 52.2 Å². The number of aryl methyl sites for hydroxylation is 8. The molecule has 4 aromatic heterocycles. The van der Waals surface area contributed by atoms with Gasteiger partial charge in [0.15, 0.2) is 0 Å². The Bertz CT molecular complexity index is 2780. The molecule has 0 bridgehead atoms. The smallest absolute Gasteiger partial charge is 0.298 e. The van der Waals surface area contributed by atoms with Gasteiger partial charge in [-0.3, -0.25) is 33.3 Å². The number of ether oxygens (including phenoxy) is 2. The minimum absolute atomic E-state index is 0.0494. The van der Waals surface area contributed by atoms with Crippen LogP contribution >= 0.6 is 0 Å². The minimum Gasteiger partial charge on any atom is -0.383 e. The third kappa shape index (κ3) is 9.49. The van der Waals surface area contributed by atoms with E-state index in [1.54, 1.807) is 88.2 Å². The summed E-state index contributed by atoms with van der Waals surface area (Å²) in [6.45, 7) is 9.73. The van der Waals surface area contributed by atoms with Crippen LogP contribution in [-0.4, -0.2) is 111 Å². The molecular weight excluding hydrogens is 835 g/mol. The zero-order valence-corrected chi connectivity index (χ0v) is 38.0. The average Bonchev–Trinajstić information content (AvgIpc) is 4.11. The van der Waals surface area contributed by atoms with Gasteiger partial charge in [0.2, 0.25) is 29.0 Å². The predicted octanol–water partition coefficient (Wildman–Crippen LogP) is 2.51. The lowest BCUT2D eigenvalue weighted by atomic mass is 10.1. The Balaban J connectivity index is 1.29. The maximum absolute atomic E-state index is 13.9. The number of carbonyl (C=O) groups excluding carboxylic acids is 5. The van der Waals surface area contributed by atoms with E-state index in [0.717, 1.165) is 12.8 Å². The Labute approximate surface area is 374 Å². The van der Waals surface area contributed by atoms with Crippen molar-refractivity contribution in [3.05, 3.63) is 93.7 Å². The Morgan fingerprint density at radius 3 is 1.65 bits per heavy atom. The number of carbonyl (C=O) groups is 5. The minimum atomic E-state index is -0.601. The first-order valence-corrected chi connectivity index (χ1v) is 21.8. The van der Waals surface area contributed by atoms with Gasteiger partial charge in [-0.1, -0.05) is 0 Å². The molecule has 0 unspecified atom stereocenters. The van der Waals surface area contributed by atoms with Crippen LogP contribution in [0.15, 0.2) is 58.5 Å². The molecule has 1 atom stereocenters. The Kier molecular flexibility index (Phi) is 13.8. The molecule has 1 aliphatic heterocycles. The Morgan fingerprint density at radius 1 is 0.738 bits per heavy atom. The zero-order chi connectivity index (χ0) is 46.7. The fraction of sp³-hybridized carbons (Fsp3) is 0.444. The van der Waals surface area contributed by atoms with Crippen LogP contribution in [0.4, 0.5) is 0 Å². The van der Waals surface area contributed by atoms with Gasteiger partial charge in [-0.05, 0) is 102 Å². The Morgan fingerprint density at radius 2 is 1.22 bits per heavy atom. The van der Waals surface area contributed by atoms with Gasteiger partial charge in [-0.25, -0.2) is 0 Å². The summed E-state index contributed by atoms with van der Waals surface area (Å²) in [6, 6.07) is 13.5. The Hall–Kier alpha value is -6.93. The topological polar surface area (TPSA) is 239 Å². The summed E-state index contributed by atoms with van der Waals surface area (Å²) in [4.78, 5) is 77.2. The van der Waals surface area contributed by atoms with Gasteiger partial charge in [-0.2, -0.15) is 20.2 Å². The molecule has 20 nitrogen and oxygen atoms in total. The van der Waals surface area contributed by atoms with E-state index in [0.29, 0.717) is 106 Å². The first-order chi connectivity index (χ1) is 31.1. The molecule has 0 radical (unpaired) electrons. The van der Waals surface area contributed by atoms with Crippen LogP contribution < -0.4 is 22.7 Å². The molecule has 1 fully saturated rings. The third-order valence-corrected chi connectivity index (χ3v) is 12.0. The van der Waals surface area contributed by atoms with E-state index in [9.17, 15) is 24.0 Å². The highest BCUT2D eigenvalue weighted by Gasteiger charge is 2.29. The lowest BCUT2D eigenvalue weighted by Crippen LogP contribution is -2.41. The lowest BCUT2D eigenvalue weighted by Gasteiger charge is -2.26. The average molecular weight is 892 g/mol. The van der Waals surface area contributed by atoms with Crippen LogP contribution in [0, 0.1) is 13.8 Å². The molecule has 5 heterocycles. The van der Waals surface area contributed by atoms with Crippen LogP contribution in [0.5, 0.6) is 0 Å². The van der Waals surface area contributed by atoms with Gasteiger partial charge < -0.3 is 44.1 Å². The second kappa shape index (κ2) is 19.4. The summed E-state index contributed by atoms with van der Waals surface area (Å²) in [7, 11) is 5.14. The van der Waals surface area contributed by atoms with Crippen LogP contribution in [-0.2, 0) is 54.5 Å². The maximum Gasteiger partial charge on any atom is 0.298 e. The van der Waals surface area contributed by atoms with Crippen LogP contribution in [0.25, 0.3) is 22.1 Å². The van der Waals surface area contributed by atoms with Crippen molar-refractivity contribution in [3.63, 3.8) is 0 Å². The van der Waals surface area contributed by atoms with Crippen molar-refractivity contribution in [3.8, 4) is 0 Å². The number of nitrogens with two attached hydrogens (primary N) is 2. The number of amides is 5. The summed E-state index contributed by atoms with van der Waals surface area (Å²) >= 11 is 0. The molecule has 344 valence electrons. The van der Waals surface area contributed by atoms with Crippen molar-refractivity contribution in [2.75, 3.05) is 26.9 Å². The van der Waals surface area contributed by atoms with Crippen LogP contribution in [0.1, 0.15) is 92.6 Å². The molecule has 4 N–H and O–H groups in total. The maximum atomic E-state index is 13.9. The van der Waals surface area contributed by atoms with E-state index in [2.05, 4.69) is 20.2 Å². The largest absolute Gasteiger partial charge is 0.383 e. The fourth-order valence-corrected chi connectivity index (χ4v) is 8.72. The van der Waals surface area contributed by atoms with Crippen molar-refractivity contribution in [2.24, 2.45) is 35.5 Å². The van der Waals surface area contributed by atoms with Crippen LogP contribution in [0.2, 0.25) is 0 Å². The highest BCUT2D eigenvalue weighted by Crippen LogP contribution is 2.22.